The van der Waals surface area contributed by atoms with Crippen LogP contribution in [0.15, 0.2) is 66.2 Å². The van der Waals surface area contributed by atoms with Gasteiger partial charge in [0.15, 0.2) is 0 Å². The van der Waals surface area contributed by atoms with Crippen LogP contribution < -0.4 is 5.32 Å². The lowest BCUT2D eigenvalue weighted by Crippen LogP contribution is -2.30. The Hall–Kier alpha value is -3.72. The van der Waals surface area contributed by atoms with Gasteiger partial charge in [0.05, 0.1) is 28.9 Å². The Balaban J connectivity index is 1.72. The highest BCUT2D eigenvalue weighted by atomic mass is 32.2. The van der Waals surface area contributed by atoms with Crippen molar-refractivity contribution >= 4 is 29.4 Å². The van der Waals surface area contributed by atoms with E-state index < -0.39 is 5.91 Å². The van der Waals surface area contributed by atoms with E-state index in [0.717, 1.165) is 16.7 Å². The first-order valence-electron chi connectivity index (χ1n) is 11.0. The van der Waals surface area contributed by atoms with E-state index in [4.69, 9.17) is 0 Å². The van der Waals surface area contributed by atoms with Gasteiger partial charge in [-0.3, -0.25) is 4.79 Å². The molecule has 184 valence electrons. The molecule has 3 N–H and O–H groups in total. The van der Waals surface area contributed by atoms with Gasteiger partial charge in [-0.1, -0.05) is 36.9 Å². The van der Waals surface area contributed by atoms with Gasteiger partial charge in [-0.05, 0) is 55.2 Å². The Labute approximate surface area is 208 Å². The van der Waals surface area contributed by atoms with Crippen molar-refractivity contribution in [1.82, 2.24) is 20.0 Å². The fraction of sp³-hybridized carbons (Fsp3) is 0.231. The molecular formula is C26H29FN4O3S. The lowest BCUT2D eigenvalue weighted by molar-refractivity contribution is 0.0787. The molecule has 0 saturated carbocycles. The van der Waals surface area contributed by atoms with Gasteiger partial charge >= 0.3 is 0 Å². The normalized spacial score (nSPS) is 11.4. The molecule has 0 aliphatic heterocycles. The quantitative estimate of drug-likeness (QED) is 0.266. The number of aromatic hydroxyl groups is 2. The fourth-order valence-corrected chi connectivity index (χ4v) is 3.93. The van der Waals surface area contributed by atoms with Crippen LogP contribution in [0.25, 0.3) is 11.4 Å². The van der Waals surface area contributed by atoms with Crippen LogP contribution in [-0.4, -0.2) is 50.9 Å². The number of aryl methyl sites for hydroxylation is 1. The summed E-state index contributed by atoms with van der Waals surface area (Å²) in [5, 5.41) is 27.6. The van der Waals surface area contributed by atoms with Crippen LogP contribution in [0.5, 0.6) is 11.5 Å². The number of phenols is 2. The maximum Gasteiger partial charge on any atom is 0.261 e. The molecule has 0 aliphatic carbocycles. The fourth-order valence-electron chi connectivity index (χ4n) is 3.65. The van der Waals surface area contributed by atoms with E-state index in [-0.39, 0.29) is 29.2 Å². The summed E-state index contributed by atoms with van der Waals surface area (Å²) in [6, 6.07) is 12.1. The lowest BCUT2D eigenvalue weighted by Gasteiger charge is -2.19. The Bertz CT molecular complexity index is 1230. The number of nitrogens with zero attached hydrogens (tertiary/aromatic N) is 3. The molecule has 7 nitrogen and oxygen atoms in total. The number of carbonyl (C=O) groups excluding carboxylic acids is 1. The van der Waals surface area contributed by atoms with Crippen molar-refractivity contribution < 1.29 is 18.9 Å². The van der Waals surface area contributed by atoms with Crippen LogP contribution >= 0.6 is 12.1 Å². The third kappa shape index (κ3) is 6.05. The van der Waals surface area contributed by atoms with E-state index in [9.17, 15) is 18.9 Å². The van der Waals surface area contributed by atoms with Crippen LogP contribution in [-0.2, 0) is 0 Å². The van der Waals surface area contributed by atoms with Crippen LogP contribution in [0.4, 0.5) is 3.89 Å². The minimum atomic E-state index is -0.475. The molecule has 35 heavy (non-hydrogen) atoms. The zero-order chi connectivity index (χ0) is 25.5. The van der Waals surface area contributed by atoms with Gasteiger partial charge in [0.1, 0.15) is 22.9 Å². The van der Waals surface area contributed by atoms with Crippen molar-refractivity contribution in [2.45, 2.75) is 25.2 Å². The molecule has 3 rings (SSSR count). The average Bonchev–Trinajstić information content (AvgIpc) is 3.21. The van der Waals surface area contributed by atoms with Crippen molar-refractivity contribution in [1.29, 1.82) is 0 Å². The Morgan fingerprint density at radius 2 is 1.89 bits per heavy atom. The summed E-state index contributed by atoms with van der Waals surface area (Å²) in [4.78, 5) is 14.5. The predicted octanol–water partition coefficient (Wildman–Crippen LogP) is 5.15. The number of benzene rings is 2. The number of halogens is 1. The first-order valence-corrected chi connectivity index (χ1v) is 11.8. The summed E-state index contributed by atoms with van der Waals surface area (Å²) < 4.78 is 14.9. The molecule has 0 spiro atoms. The maximum atomic E-state index is 13.2. The van der Waals surface area contributed by atoms with Crippen LogP contribution in [0.1, 0.15) is 33.6 Å². The van der Waals surface area contributed by atoms with E-state index in [1.54, 1.807) is 18.7 Å². The highest BCUT2D eigenvalue weighted by molar-refractivity contribution is 7.94. The van der Waals surface area contributed by atoms with Crippen molar-refractivity contribution in [3.05, 3.63) is 83.7 Å². The number of rotatable bonds is 10. The molecule has 1 aromatic heterocycles. The second-order valence-corrected chi connectivity index (χ2v) is 8.73. The zero-order valence-corrected chi connectivity index (χ0v) is 20.8. The summed E-state index contributed by atoms with van der Waals surface area (Å²) in [5.41, 5.74) is 3.37. The highest BCUT2D eigenvalue weighted by Gasteiger charge is 2.19. The first-order chi connectivity index (χ1) is 16.7. The van der Waals surface area contributed by atoms with E-state index >= 15 is 0 Å². The number of aromatic nitrogens is 2. The molecule has 0 radical (unpaired) electrons. The standard InChI is InChI=1S/C26H29FN4O3S/c1-17-9-5-6-10-20(17)18(2)15-24(31-19(3)23(35-27)16-29-31)28-13-8-14-30(4)26(34)25-21(32)11-7-12-22(25)33/h5-7,9-12,15-16,28,32-33H,2,8,13-14H2,1,3-4H3/b24-15-. The van der Waals surface area contributed by atoms with E-state index in [1.807, 2.05) is 37.3 Å². The number of hydrogen-bond acceptors (Lipinski definition) is 6. The second-order valence-electron chi connectivity index (χ2n) is 8.13. The molecular weight excluding hydrogens is 467 g/mol. The zero-order valence-electron chi connectivity index (χ0n) is 20.0. The largest absolute Gasteiger partial charge is 0.507 e. The summed E-state index contributed by atoms with van der Waals surface area (Å²) in [5.74, 6) is -0.383. The molecule has 0 unspecified atom stereocenters. The van der Waals surface area contributed by atoms with Gasteiger partial charge in [-0.25, -0.2) is 4.68 Å². The van der Waals surface area contributed by atoms with Crippen LogP contribution in [0.2, 0.25) is 0 Å². The Morgan fingerprint density at radius 1 is 1.20 bits per heavy atom. The number of carbonyl (C=O) groups is 1. The predicted molar refractivity (Wildman–Crippen MR) is 138 cm³/mol. The molecule has 2 aromatic carbocycles. The number of phenolic OH excluding ortho intramolecular Hbond substituents is 2. The van der Waals surface area contributed by atoms with Gasteiger partial charge in [0.25, 0.3) is 5.91 Å². The van der Waals surface area contributed by atoms with Crippen LogP contribution in [0.3, 0.4) is 0 Å². The number of nitrogens with one attached hydrogen (secondary N) is 1. The molecule has 1 amide bonds. The number of amides is 1. The molecule has 0 aliphatic rings. The third-order valence-corrected chi connectivity index (χ3v) is 6.20. The average molecular weight is 497 g/mol. The minimum absolute atomic E-state index is 0.124. The summed E-state index contributed by atoms with van der Waals surface area (Å²) >= 11 is 0.141. The van der Waals surface area contributed by atoms with Crippen LogP contribution in [0, 0.1) is 13.8 Å². The smallest absolute Gasteiger partial charge is 0.261 e. The summed E-state index contributed by atoms with van der Waals surface area (Å²) in [6.07, 6.45) is 3.90. The molecule has 0 fully saturated rings. The maximum absolute atomic E-state index is 13.2. The van der Waals surface area contributed by atoms with Gasteiger partial charge < -0.3 is 20.4 Å². The van der Waals surface area contributed by atoms with Gasteiger partial charge in [0, 0.05) is 20.1 Å². The van der Waals surface area contributed by atoms with Crippen molar-refractivity contribution in [2.75, 3.05) is 20.1 Å². The van der Waals surface area contributed by atoms with Crippen molar-refractivity contribution in [3.63, 3.8) is 0 Å². The Morgan fingerprint density at radius 3 is 2.51 bits per heavy atom. The van der Waals surface area contributed by atoms with E-state index in [0.29, 0.717) is 35.9 Å². The molecule has 1 heterocycles. The minimum Gasteiger partial charge on any atom is -0.507 e. The van der Waals surface area contributed by atoms with Gasteiger partial charge in [0.2, 0.25) is 0 Å². The molecule has 0 bridgehead atoms. The lowest BCUT2D eigenvalue weighted by atomic mass is 10.0. The van der Waals surface area contributed by atoms with Gasteiger partial charge in [-0.15, -0.1) is 0 Å². The molecule has 0 atom stereocenters. The second kappa shape index (κ2) is 11.6. The summed E-state index contributed by atoms with van der Waals surface area (Å²) in [6.45, 7) is 8.84. The highest BCUT2D eigenvalue weighted by Crippen LogP contribution is 2.28. The number of hydrogen-bond donors (Lipinski definition) is 3. The van der Waals surface area contributed by atoms with Gasteiger partial charge in [-0.2, -0.15) is 8.98 Å². The van der Waals surface area contributed by atoms with Crippen molar-refractivity contribution in [2.24, 2.45) is 0 Å². The first kappa shape index (κ1) is 25.9. The third-order valence-electron chi connectivity index (χ3n) is 5.64. The number of allylic oxidation sites excluding steroid dienone is 2. The molecule has 0 saturated heterocycles. The molecule has 9 heteroatoms. The van der Waals surface area contributed by atoms with E-state index in [1.165, 1.54) is 29.3 Å². The van der Waals surface area contributed by atoms with Crippen molar-refractivity contribution in [3.8, 4) is 11.5 Å². The monoisotopic (exact) mass is 496 g/mol. The SMILES string of the molecule is C=C(/C=C(/NCCCN(C)C(=O)c1c(O)cccc1O)n1ncc(SF)c1C)c1ccccc1C. The Kier molecular flexibility index (Phi) is 8.59. The van der Waals surface area contributed by atoms with E-state index in [2.05, 4.69) is 17.0 Å². The topological polar surface area (TPSA) is 90.6 Å². The molecule has 3 aromatic rings. The summed E-state index contributed by atoms with van der Waals surface area (Å²) in [7, 11) is 1.60.